The molecular weight excluding hydrogens is 328 g/mol. The molecule has 0 aromatic heterocycles. The number of hydrogen-bond donors (Lipinski definition) is 2. The lowest BCUT2D eigenvalue weighted by Crippen LogP contribution is -2.19. The largest absolute Gasteiger partial charge is 0.390 e. The smallest absolute Gasteiger partial charge is 0.0594 e. The zero-order chi connectivity index (χ0) is 18.5. The summed E-state index contributed by atoms with van der Waals surface area (Å²) in [6, 6.07) is 16.8. The van der Waals surface area contributed by atoms with E-state index >= 15 is 0 Å². The third-order valence-corrected chi connectivity index (χ3v) is 5.41. The highest BCUT2D eigenvalue weighted by Gasteiger charge is 2.16. The van der Waals surface area contributed by atoms with E-state index in [0.29, 0.717) is 0 Å². The van der Waals surface area contributed by atoms with Crippen LogP contribution in [0.15, 0.2) is 58.3 Å². The van der Waals surface area contributed by atoms with Gasteiger partial charge in [-0.2, -0.15) is 0 Å². The van der Waals surface area contributed by atoms with Gasteiger partial charge in [0.1, 0.15) is 0 Å². The summed E-state index contributed by atoms with van der Waals surface area (Å²) >= 11 is 1.78. The summed E-state index contributed by atoms with van der Waals surface area (Å²) in [6.07, 6.45) is 3.20. The molecule has 0 aliphatic rings. The molecule has 2 aromatic rings. The fourth-order valence-electron chi connectivity index (χ4n) is 2.62. The molecule has 0 saturated carbocycles. The zero-order valence-corrected chi connectivity index (χ0v) is 16.6. The highest BCUT2D eigenvalue weighted by atomic mass is 32.2. The second-order valence-electron chi connectivity index (χ2n) is 7.94. The van der Waals surface area contributed by atoms with Gasteiger partial charge in [0.2, 0.25) is 0 Å². The highest BCUT2D eigenvalue weighted by Crippen LogP contribution is 2.34. The molecule has 2 aromatic carbocycles. The van der Waals surface area contributed by atoms with Gasteiger partial charge in [0, 0.05) is 9.79 Å². The summed E-state index contributed by atoms with van der Waals surface area (Å²) in [4.78, 5) is 2.48. The molecule has 0 saturated heterocycles. The van der Waals surface area contributed by atoms with Crippen LogP contribution in [0.3, 0.4) is 0 Å². The summed E-state index contributed by atoms with van der Waals surface area (Å²) in [7, 11) is 0. The Morgan fingerprint density at radius 1 is 0.680 bits per heavy atom. The van der Waals surface area contributed by atoms with Crippen LogP contribution < -0.4 is 0 Å². The van der Waals surface area contributed by atoms with Crippen LogP contribution in [-0.4, -0.2) is 21.4 Å². The van der Waals surface area contributed by atoms with E-state index in [-0.39, 0.29) is 0 Å². The van der Waals surface area contributed by atoms with Gasteiger partial charge >= 0.3 is 0 Å². The van der Waals surface area contributed by atoms with Crippen LogP contribution in [0.25, 0.3) is 0 Å². The molecule has 2 N–H and O–H groups in total. The molecule has 0 spiro atoms. The topological polar surface area (TPSA) is 40.5 Å². The quantitative estimate of drug-likeness (QED) is 0.677. The Bertz CT molecular complexity index is 621. The van der Waals surface area contributed by atoms with E-state index in [1.807, 2.05) is 27.7 Å². The minimum atomic E-state index is -0.650. The molecule has 0 radical (unpaired) electrons. The summed E-state index contributed by atoms with van der Waals surface area (Å²) < 4.78 is 0. The van der Waals surface area contributed by atoms with Gasteiger partial charge in [-0.05, 0) is 76.6 Å². The predicted octanol–water partition coefficient (Wildman–Crippen LogP) is 5.24. The molecule has 0 amide bonds. The highest BCUT2D eigenvalue weighted by molar-refractivity contribution is 7.99. The molecule has 0 atom stereocenters. The molecule has 3 heteroatoms. The normalized spacial score (nSPS) is 12.4. The third kappa shape index (κ3) is 7.23. The lowest BCUT2D eigenvalue weighted by Gasteiger charge is -2.19. The second-order valence-corrected chi connectivity index (χ2v) is 9.03. The summed E-state index contributed by atoms with van der Waals surface area (Å²) in [6.45, 7) is 7.42. The fourth-order valence-corrected chi connectivity index (χ4v) is 3.75. The predicted molar refractivity (Wildman–Crippen MR) is 106 cm³/mol. The average Bonchev–Trinajstić information content (AvgIpc) is 2.52. The van der Waals surface area contributed by atoms with Gasteiger partial charge < -0.3 is 10.2 Å². The molecule has 2 rings (SSSR count). The molecule has 0 bridgehead atoms. The van der Waals surface area contributed by atoms with Crippen LogP contribution in [0.2, 0.25) is 0 Å². The van der Waals surface area contributed by atoms with Crippen molar-refractivity contribution in [1.29, 1.82) is 0 Å². The molecular formula is C22H30O2S. The number of rotatable bonds is 8. The standard InChI is InChI=1S/C22H30O2S/c1-21(2,23)15-13-17-9-5-7-11-19(17)25-20-12-8-6-10-18(20)14-16-22(3,4)24/h5-12,23-24H,13-16H2,1-4H3. The lowest BCUT2D eigenvalue weighted by molar-refractivity contribution is 0.0706. The van der Waals surface area contributed by atoms with Gasteiger partial charge in [0.05, 0.1) is 11.2 Å². The van der Waals surface area contributed by atoms with Crippen molar-refractivity contribution in [1.82, 2.24) is 0 Å². The first kappa shape index (κ1) is 20.0. The Kier molecular flexibility index (Phi) is 6.72. The van der Waals surface area contributed by atoms with E-state index in [2.05, 4.69) is 48.5 Å². The number of benzene rings is 2. The molecule has 2 nitrogen and oxygen atoms in total. The molecule has 25 heavy (non-hydrogen) atoms. The maximum absolute atomic E-state index is 10.0. The second kappa shape index (κ2) is 8.39. The van der Waals surface area contributed by atoms with Gasteiger partial charge in [0.15, 0.2) is 0 Å². The van der Waals surface area contributed by atoms with Crippen molar-refractivity contribution in [3.63, 3.8) is 0 Å². The van der Waals surface area contributed by atoms with Crippen LogP contribution in [-0.2, 0) is 12.8 Å². The fraction of sp³-hybridized carbons (Fsp3) is 0.455. The lowest BCUT2D eigenvalue weighted by atomic mass is 9.99. The van der Waals surface area contributed by atoms with E-state index in [1.165, 1.54) is 20.9 Å². The molecule has 0 aliphatic carbocycles. The number of aryl methyl sites for hydroxylation is 2. The Balaban J connectivity index is 2.17. The maximum atomic E-state index is 10.0. The van der Waals surface area contributed by atoms with Crippen LogP contribution in [0.4, 0.5) is 0 Å². The van der Waals surface area contributed by atoms with Gasteiger partial charge in [-0.3, -0.25) is 0 Å². The van der Waals surface area contributed by atoms with Crippen molar-refractivity contribution >= 4 is 11.8 Å². The SMILES string of the molecule is CC(C)(O)CCc1ccccc1Sc1ccccc1CCC(C)(C)O. The monoisotopic (exact) mass is 358 g/mol. The summed E-state index contributed by atoms with van der Waals surface area (Å²) in [5.74, 6) is 0. The number of hydrogen-bond acceptors (Lipinski definition) is 3. The van der Waals surface area contributed by atoms with E-state index in [9.17, 15) is 10.2 Å². The maximum Gasteiger partial charge on any atom is 0.0594 e. The Hall–Kier alpha value is -1.29. The van der Waals surface area contributed by atoms with Gasteiger partial charge in [-0.15, -0.1) is 0 Å². The summed E-state index contributed by atoms with van der Waals surface area (Å²) in [5.41, 5.74) is 1.24. The first-order valence-electron chi connectivity index (χ1n) is 8.92. The molecule has 0 aliphatic heterocycles. The van der Waals surface area contributed by atoms with Crippen LogP contribution >= 0.6 is 11.8 Å². The Labute approximate surface area is 156 Å². The first-order chi connectivity index (χ1) is 11.6. The molecule has 0 unspecified atom stereocenters. The minimum absolute atomic E-state index is 0.650. The van der Waals surface area contributed by atoms with Crippen LogP contribution in [0, 0.1) is 0 Å². The van der Waals surface area contributed by atoms with Gasteiger partial charge in [0.25, 0.3) is 0 Å². The van der Waals surface area contributed by atoms with Crippen molar-refractivity contribution in [2.75, 3.05) is 0 Å². The Morgan fingerprint density at radius 2 is 1.04 bits per heavy atom. The summed E-state index contributed by atoms with van der Waals surface area (Å²) in [5, 5.41) is 20.0. The van der Waals surface area contributed by atoms with Crippen LogP contribution in [0.5, 0.6) is 0 Å². The Morgan fingerprint density at radius 3 is 1.40 bits per heavy atom. The molecule has 0 heterocycles. The first-order valence-corrected chi connectivity index (χ1v) is 9.74. The van der Waals surface area contributed by atoms with Crippen molar-refractivity contribution in [3.05, 3.63) is 59.7 Å². The zero-order valence-electron chi connectivity index (χ0n) is 15.7. The minimum Gasteiger partial charge on any atom is -0.390 e. The van der Waals surface area contributed by atoms with Crippen molar-refractivity contribution in [3.8, 4) is 0 Å². The van der Waals surface area contributed by atoms with Gasteiger partial charge in [-0.1, -0.05) is 48.2 Å². The van der Waals surface area contributed by atoms with E-state index < -0.39 is 11.2 Å². The van der Waals surface area contributed by atoms with E-state index in [1.54, 1.807) is 11.8 Å². The third-order valence-electron chi connectivity index (χ3n) is 4.18. The average molecular weight is 359 g/mol. The van der Waals surface area contributed by atoms with Crippen molar-refractivity contribution in [2.24, 2.45) is 0 Å². The van der Waals surface area contributed by atoms with Crippen molar-refractivity contribution < 1.29 is 10.2 Å². The molecule has 0 fully saturated rings. The van der Waals surface area contributed by atoms with E-state index in [4.69, 9.17) is 0 Å². The number of aliphatic hydroxyl groups is 2. The molecule has 136 valence electrons. The van der Waals surface area contributed by atoms with Crippen molar-refractivity contribution in [2.45, 2.75) is 74.4 Å². The van der Waals surface area contributed by atoms with E-state index in [0.717, 1.165) is 25.7 Å². The van der Waals surface area contributed by atoms with Crippen LogP contribution in [0.1, 0.15) is 51.7 Å². The van der Waals surface area contributed by atoms with Gasteiger partial charge in [-0.25, -0.2) is 0 Å².